The fourth-order valence-electron chi connectivity index (χ4n) is 3.57. The minimum absolute atomic E-state index is 0.115. The van der Waals surface area contributed by atoms with Crippen LogP contribution in [0, 0.1) is 23.2 Å². The first-order valence-corrected chi connectivity index (χ1v) is 5.78. The van der Waals surface area contributed by atoms with Gasteiger partial charge >= 0.3 is 0 Å². The molecule has 0 aliphatic heterocycles. The highest BCUT2D eigenvalue weighted by Crippen LogP contribution is 2.61. The summed E-state index contributed by atoms with van der Waals surface area (Å²) < 4.78 is 0. The summed E-state index contributed by atoms with van der Waals surface area (Å²) >= 11 is 0. The Morgan fingerprint density at radius 3 is 2.71 bits per heavy atom. The van der Waals surface area contributed by atoms with E-state index in [0.29, 0.717) is 5.41 Å². The molecule has 2 bridgehead atoms. The normalized spacial score (nSPS) is 45.5. The molecule has 3 aliphatic rings. The van der Waals surface area contributed by atoms with Crippen LogP contribution < -0.4 is 5.32 Å². The predicted molar refractivity (Wildman–Crippen MR) is 56.8 cm³/mol. The number of nitrogens with one attached hydrogen (secondary N) is 1. The molecule has 1 N–H and O–H groups in total. The highest BCUT2D eigenvalue weighted by molar-refractivity contribution is 5.72. The molecule has 0 aromatic rings. The van der Waals surface area contributed by atoms with E-state index in [1.807, 2.05) is 0 Å². The van der Waals surface area contributed by atoms with Crippen molar-refractivity contribution in [3.63, 3.8) is 0 Å². The molecule has 2 heteroatoms. The number of hydrogen-bond acceptors (Lipinski definition) is 1. The highest BCUT2D eigenvalue weighted by Gasteiger charge is 2.55. The van der Waals surface area contributed by atoms with Gasteiger partial charge < -0.3 is 5.32 Å². The van der Waals surface area contributed by atoms with Gasteiger partial charge in [0.25, 0.3) is 0 Å². The van der Waals surface area contributed by atoms with Crippen LogP contribution in [0.4, 0.5) is 0 Å². The quantitative estimate of drug-likeness (QED) is 0.719. The van der Waals surface area contributed by atoms with Gasteiger partial charge in [-0.2, -0.15) is 0 Å². The second-order valence-corrected chi connectivity index (χ2v) is 5.51. The molecule has 4 unspecified atom stereocenters. The fraction of sp³-hybridized carbons (Fsp3) is 0.917. The second-order valence-electron chi connectivity index (χ2n) is 5.51. The lowest BCUT2D eigenvalue weighted by atomic mass is 9.45. The molecule has 3 fully saturated rings. The number of fused-ring (bicyclic) bond motifs is 2. The van der Waals surface area contributed by atoms with E-state index >= 15 is 0 Å². The third-order valence-corrected chi connectivity index (χ3v) is 4.69. The van der Waals surface area contributed by atoms with Gasteiger partial charge in [0.1, 0.15) is 0 Å². The summed E-state index contributed by atoms with van der Waals surface area (Å²) in [6.45, 7) is 7.23. The fourth-order valence-corrected chi connectivity index (χ4v) is 3.57. The molecule has 0 radical (unpaired) electrons. The zero-order valence-electron chi connectivity index (χ0n) is 9.47. The summed E-state index contributed by atoms with van der Waals surface area (Å²) in [5.41, 5.74) is 0.406. The second kappa shape index (κ2) is 3.25. The van der Waals surface area contributed by atoms with Crippen LogP contribution in [0.1, 0.15) is 40.0 Å². The summed E-state index contributed by atoms with van der Waals surface area (Å²) in [7, 11) is 0. The van der Waals surface area contributed by atoms with Gasteiger partial charge in [-0.05, 0) is 36.0 Å². The summed E-state index contributed by atoms with van der Waals surface area (Å²) in [6.07, 6.45) is 4.16. The molecule has 2 nitrogen and oxygen atoms in total. The molecule has 14 heavy (non-hydrogen) atoms. The van der Waals surface area contributed by atoms with Crippen LogP contribution in [-0.2, 0) is 4.79 Å². The Bertz CT molecular complexity index is 249. The van der Waals surface area contributed by atoms with Gasteiger partial charge in [0.2, 0.25) is 5.91 Å². The largest absolute Gasteiger partial charge is 0.356 e. The van der Waals surface area contributed by atoms with Crippen molar-refractivity contribution in [3.05, 3.63) is 0 Å². The molecule has 0 spiro atoms. The lowest BCUT2D eigenvalue weighted by Crippen LogP contribution is -2.58. The van der Waals surface area contributed by atoms with Crippen molar-refractivity contribution in [2.75, 3.05) is 6.54 Å². The smallest absolute Gasteiger partial charge is 0.216 e. The topological polar surface area (TPSA) is 29.1 Å². The van der Waals surface area contributed by atoms with Crippen molar-refractivity contribution >= 4 is 5.91 Å². The Morgan fingerprint density at radius 2 is 2.21 bits per heavy atom. The van der Waals surface area contributed by atoms with Crippen molar-refractivity contribution < 1.29 is 4.79 Å². The molecule has 80 valence electrons. The molecule has 3 saturated carbocycles. The minimum Gasteiger partial charge on any atom is -0.356 e. The maximum absolute atomic E-state index is 10.9. The lowest BCUT2D eigenvalue weighted by Gasteiger charge is -2.61. The van der Waals surface area contributed by atoms with Crippen molar-refractivity contribution in [1.29, 1.82) is 0 Å². The number of carbonyl (C=O) groups excluding carboxylic acids is 1. The van der Waals surface area contributed by atoms with Gasteiger partial charge in [0.05, 0.1) is 0 Å². The van der Waals surface area contributed by atoms with Gasteiger partial charge in [-0.3, -0.25) is 4.79 Å². The van der Waals surface area contributed by atoms with E-state index in [0.717, 1.165) is 24.3 Å². The molecule has 0 saturated heterocycles. The monoisotopic (exact) mass is 195 g/mol. The van der Waals surface area contributed by atoms with E-state index in [9.17, 15) is 4.79 Å². The maximum atomic E-state index is 10.9. The predicted octanol–water partition coefficient (Wildman–Crippen LogP) is 2.19. The molecule has 4 atom stereocenters. The molecule has 3 aliphatic carbocycles. The van der Waals surface area contributed by atoms with Crippen LogP contribution in [0.25, 0.3) is 0 Å². The third kappa shape index (κ3) is 1.35. The Kier molecular flexibility index (Phi) is 2.32. The highest BCUT2D eigenvalue weighted by atomic mass is 16.1. The number of hydrogen-bond donors (Lipinski definition) is 1. The average molecular weight is 195 g/mol. The van der Waals surface area contributed by atoms with Gasteiger partial charge in [0, 0.05) is 13.5 Å². The zero-order valence-corrected chi connectivity index (χ0v) is 9.47. The number of amides is 1. The molecular weight excluding hydrogens is 174 g/mol. The van der Waals surface area contributed by atoms with Crippen LogP contribution in [0.15, 0.2) is 0 Å². The van der Waals surface area contributed by atoms with E-state index in [2.05, 4.69) is 19.2 Å². The first kappa shape index (κ1) is 10.0. The third-order valence-electron chi connectivity index (χ3n) is 4.69. The van der Waals surface area contributed by atoms with E-state index in [1.165, 1.54) is 19.3 Å². The van der Waals surface area contributed by atoms with Crippen molar-refractivity contribution in [1.82, 2.24) is 5.32 Å². The van der Waals surface area contributed by atoms with E-state index in [1.54, 1.807) is 6.92 Å². The standard InChI is InChI=1S/C12H21NO/c1-8-4-5-10-6-11(8)12(10,3)7-13-9(2)14/h8,10-11H,4-7H2,1-3H3,(H,13,14). The van der Waals surface area contributed by atoms with Crippen LogP contribution in [0.5, 0.6) is 0 Å². The Balaban J connectivity index is 1.99. The van der Waals surface area contributed by atoms with Gasteiger partial charge in [0.15, 0.2) is 0 Å². The Hall–Kier alpha value is -0.530. The van der Waals surface area contributed by atoms with Crippen LogP contribution in [0.3, 0.4) is 0 Å². The summed E-state index contributed by atoms with van der Waals surface area (Å²) in [4.78, 5) is 10.9. The van der Waals surface area contributed by atoms with Crippen LogP contribution in [-0.4, -0.2) is 12.5 Å². The van der Waals surface area contributed by atoms with E-state index in [-0.39, 0.29) is 5.91 Å². The van der Waals surface area contributed by atoms with E-state index in [4.69, 9.17) is 0 Å². The molecule has 1 amide bonds. The average Bonchev–Trinajstić information content (AvgIpc) is 2.13. The van der Waals surface area contributed by atoms with Crippen molar-refractivity contribution in [2.24, 2.45) is 23.2 Å². The van der Waals surface area contributed by atoms with Gasteiger partial charge in [-0.15, -0.1) is 0 Å². The summed E-state index contributed by atoms with van der Waals surface area (Å²) in [5.74, 6) is 2.70. The summed E-state index contributed by atoms with van der Waals surface area (Å²) in [6, 6.07) is 0. The van der Waals surface area contributed by atoms with Gasteiger partial charge in [-0.25, -0.2) is 0 Å². The summed E-state index contributed by atoms with van der Waals surface area (Å²) in [5, 5.41) is 3.00. The lowest BCUT2D eigenvalue weighted by molar-refractivity contribution is -0.128. The molecule has 0 aromatic heterocycles. The van der Waals surface area contributed by atoms with E-state index < -0.39 is 0 Å². The first-order chi connectivity index (χ1) is 6.54. The molecule has 0 heterocycles. The molecular formula is C12H21NO. The number of carbonyl (C=O) groups is 1. The van der Waals surface area contributed by atoms with Crippen molar-refractivity contribution in [3.8, 4) is 0 Å². The van der Waals surface area contributed by atoms with Crippen molar-refractivity contribution in [2.45, 2.75) is 40.0 Å². The van der Waals surface area contributed by atoms with Gasteiger partial charge in [-0.1, -0.05) is 20.3 Å². The first-order valence-electron chi connectivity index (χ1n) is 5.78. The zero-order chi connectivity index (χ0) is 10.3. The molecule has 0 aromatic carbocycles. The molecule has 3 rings (SSSR count). The maximum Gasteiger partial charge on any atom is 0.216 e. The minimum atomic E-state index is 0.115. The Labute approximate surface area is 86.5 Å². The SMILES string of the molecule is CC(=O)NCC1(C)C2CCC(C)C1C2. The Morgan fingerprint density at radius 1 is 1.50 bits per heavy atom. The number of rotatable bonds is 2. The van der Waals surface area contributed by atoms with Crippen LogP contribution in [0.2, 0.25) is 0 Å². The van der Waals surface area contributed by atoms with Crippen LogP contribution >= 0.6 is 0 Å².